The predicted molar refractivity (Wildman–Crippen MR) is 57.4 cm³/mol. The van der Waals surface area contributed by atoms with Crippen molar-refractivity contribution >= 4 is 22.4 Å². The molecule has 1 fully saturated rings. The van der Waals surface area contributed by atoms with Crippen molar-refractivity contribution in [2.75, 3.05) is 5.32 Å². The van der Waals surface area contributed by atoms with Crippen molar-refractivity contribution in [3.8, 4) is 6.07 Å². The highest BCUT2D eigenvalue weighted by molar-refractivity contribution is 7.15. The summed E-state index contributed by atoms with van der Waals surface area (Å²) < 4.78 is 0. The molecular formula is C10H11N3OS. The molecule has 15 heavy (non-hydrogen) atoms. The van der Waals surface area contributed by atoms with E-state index in [0.29, 0.717) is 18.0 Å². The summed E-state index contributed by atoms with van der Waals surface area (Å²) in [6.07, 6.45) is 4.00. The molecule has 0 bridgehead atoms. The van der Waals surface area contributed by atoms with Gasteiger partial charge in [0.05, 0.1) is 6.07 Å². The van der Waals surface area contributed by atoms with Gasteiger partial charge in [-0.15, -0.1) is 11.3 Å². The molecule has 1 heterocycles. The number of nitriles is 1. The van der Waals surface area contributed by atoms with E-state index in [2.05, 4.69) is 16.4 Å². The van der Waals surface area contributed by atoms with Gasteiger partial charge in [0.2, 0.25) is 5.91 Å². The van der Waals surface area contributed by atoms with Crippen LogP contribution in [0.1, 0.15) is 24.1 Å². The van der Waals surface area contributed by atoms with E-state index < -0.39 is 5.41 Å². The molecule has 0 aliphatic heterocycles. The molecule has 1 aliphatic rings. The molecule has 0 saturated heterocycles. The second-order valence-electron chi connectivity index (χ2n) is 3.78. The zero-order valence-electron chi connectivity index (χ0n) is 8.41. The zero-order valence-corrected chi connectivity index (χ0v) is 9.23. The number of carbonyl (C=O) groups is 1. The summed E-state index contributed by atoms with van der Waals surface area (Å²) in [7, 11) is 0. The first-order valence-electron chi connectivity index (χ1n) is 4.81. The van der Waals surface area contributed by atoms with E-state index in [0.717, 1.165) is 11.3 Å². The monoisotopic (exact) mass is 221 g/mol. The van der Waals surface area contributed by atoms with Gasteiger partial charge in [0.15, 0.2) is 5.13 Å². The first kappa shape index (κ1) is 10.1. The molecule has 78 valence electrons. The van der Waals surface area contributed by atoms with Crippen LogP contribution < -0.4 is 5.32 Å². The number of thiazole rings is 1. The minimum atomic E-state index is -0.792. The van der Waals surface area contributed by atoms with Crippen LogP contribution in [0.2, 0.25) is 0 Å². The summed E-state index contributed by atoms with van der Waals surface area (Å²) in [5, 5.41) is 12.2. The first-order valence-corrected chi connectivity index (χ1v) is 5.63. The van der Waals surface area contributed by atoms with Gasteiger partial charge in [0.25, 0.3) is 0 Å². The molecule has 1 aliphatic carbocycles. The van der Waals surface area contributed by atoms with Gasteiger partial charge in [-0.1, -0.05) is 0 Å². The highest BCUT2D eigenvalue weighted by atomic mass is 32.1. The lowest BCUT2D eigenvalue weighted by Crippen LogP contribution is -2.40. The average molecular weight is 221 g/mol. The van der Waals surface area contributed by atoms with E-state index in [-0.39, 0.29) is 5.91 Å². The SMILES string of the molecule is Cc1cnc(NC(=O)C2(C#N)CCC2)s1. The number of carbonyl (C=O) groups excluding carboxylic acids is 1. The van der Waals surface area contributed by atoms with Crippen molar-refractivity contribution in [2.24, 2.45) is 5.41 Å². The molecule has 0 aromatic carbocycles. The van der Waals surface area contributed by atoms with Crippen LogP contribution in [-0.4, -0.2) is 10.9 Å². The highest BCUT2D eigenvalue weighted by Crippen LogP contribution is 2.41. The Hall–Kier alpha value is -1.41. The van der Waals surface area contributed by atoms with Crippen molar-refractivity contribution in [3.05, 3.63) is 11.1 Å². The molecule has 2 rings (SSSR count). The summed E-state index contributed by atoms with van der Waals surface area (Å²) in [5.41, 5.74) is -0.792. The molecule has 1 saturated carbocycles. The first-order chi connectivity index (χ1) is 7.16. The second kappa shape index (κ2) is 3.63. The van der Waals surface area contributed by atoms with E-state index in [1.165, 1.54) is 11.3 Å². The number of nitrogens with zero attached hydrogens (tertiary/aromatic N) is 2. The number of aryl methyl sites for hydroxylation is 1. The Kier molecular flexibility index (Phi) is 2.45. The van der Waals surface area contributed by atoms with E-state index in [4.69, 9.17) is 5.26 Å². The number of nitrogens with one attached hydrogen (secondary N) is 1. The van der Waals surface area contributed by atoms with Crippen molar-refractivity contribution < 1.29 is 4.79 Å². The van der Waals surface area contributed by atoms with Crippen LogP contribution in [0.4, 0.5) is 5.13 Å². The quantitative estimate of drug-likeness (QED) is 0.831. The standard InChI is InChI=1S/C10H11N3OS/c1-7-5-12-9(15-7)13-8(14)10(6-11)3-2-4-10/h5H,2-4H2,1H3,(H,12,13,14). The molecule has 0 unspecified atom stereocenters. The Balaban J connectivity index is 2.07. The lowest BCUT2D eigenvalue weighted by atomic mass is 9.69. The molecule has 1 aromatic rings. The normalized spacial score (nSPS) is 17.6. The Morgan fingerprint density at radius 2 is 2.47 bits per heavy atom. The molecule has 1 amide bonds. The fourth-order valence-electron chi connectivity index (χ4n) is 1.55. The van der Waals surface area contributed by atoms with Crippen molar-refractivity contribution in [3.63, 3.8) is 0 Å². The molecule has 5 heteroatoms. The van der Waals surface area contributed by atoms with Crippen LogP contribution in [-0.2, 0) is 4.79 Å². The summed E-state index contributed by atoms with van der Waals surface area (Å²) in [4.78, 5) is 16.9. The lowest BCUT2D eigenvalue weighted by molar-refractivity contribution is -0.126. The summed E-state index contributed by atoms with van der Waals surface area (Å²) in [5.74, 6) is -0.203. The van der Waals surface area contributed by atoms with Gasteiger partial charge in [0.1, 0.15) is 5.41 Å². The van der Waals surface area contributed by atoms with Crippen molar-refractivity contribution in [1.29, 1.82) is 5.26 Å². The third kappa shape index (κ3) is 1.73. The maximum atomic E-state index is 11.8. The molecule has 1 N–H and O–H groups in total. The summed E-state index contributed by atoms with van der Waals surface area (Å²) >= 11 is 1.42. The van der Waals surface area contributed by atoms with Crippen LogP contribution >= 0.6 is 11.3 Å². The van der Waals surface area contributed by atoms with Crippen LogP contribution in [0, 0.1) is 23.7 Å². The Bertz CT molecular complexity index is 428. The Morgan fingerprint density at radius 3 is 2.87 bits per heavy atom. The maximum Gasteiger partial charge on any atom is 0.246 e. The molecule has 0 atom stereocenters. The Labute approximate surface area is 91.9 Å². The van der Waals surface area contributed by atoms with E-state index in [1.54, 1.807) is 6.20 Å². The van der Waals surface area contributed by atoms with Crippen LogP contribution in [0.3, 0.4) is 0 Å². The van der Waals surface area contributed by atoms with Crippen LogP contribution in [0.15, 0.2) is 6.20 Å². The van der Waals surface area contributed by atoms with Gasteiger partial charge in [-0.05, 0) is 26.2 Å². The largest absolute Gasteiger partial charge is 0.301 e. The Morgan fingerprint density at radius 1 is 1.73 bits per heavy atom. The third-order valence-corrected chi connectivity index (χ3v) is 3.53. The van der Waals surface area contributed by atoms with Gasteiger partial charge >= 0.3 is 0 Å². The fourth-order valence-corrected chi connectivity index (χ4v) is 2.21. The smallest absolute Gasteiger partial charge is 0.246 e. The minimum Gasteiger partial charge on any atom is -0.301 e. The summed E-state index contributed by atoms with van der Waals surface area (Å²) in [6.45, 7) is 1.93. The molecular weight excluding hydrogens is 210 g/mol. The van der Waals surface area contributed by atoms with Crippen LogP contribution in [0.25, 0.3) is 0 Å². The third-order valence-electron chi connectivity index (χ3n) is 2.70. The zero-order chi connectivity index (χ0) is 10.9. The van der Waals surface area contributed by atoms with Crippen LogP contribution in [0.5, 0.6) is 0 Å². The fraction of sp³-hybridized carbons (Fsp3) is 0.500. The second-order valence-corrected chi connectivity index (χ2v) is 5.01. The molecule has 0 radical (unpaired) electrons. The van der Waals surface area contributed by atoms with E-state index >= 15 is 0 Å². The highest BCUT2D eigenvalue weighted by Gasteiger charge is 2.44. The number of rotatable bonds is 2. The van der Waals surface area contributed by atoms with Crippen molar-refractivity contribution in [2.45, 2.75) is 26.2 Å². The maximum absolute atomic E-state index is 11.8. The van der Waals surface area contributed by atoms with E-state index in [1.807, 2.05) is 6.92 Å². The molecule has 4 nitrogen and oxygen atoms in total. The van der Waals surface area contributed by atoms with Gasteiger partial charge in [0, 0.05) is 11.1 Å². The topological polar surface area (TPSA) is 65.8 Å². The average Bonchev–Trinajstić information content (AvgIpc) is 2.50. The lowest BCUT2D eigenvalue weighted by Gasteiger charge is -2.32. The predicted octanol–water partition coefficient (Wildman–Crippen LogP) is 2.08. The number of hydrogen-bond acceptors (Lipinski definition) is 4. The molecule has 1 aromatic heterocycles. The van der Waals surface area contributed by atoms with Gasteiger partial charge < -0.3 is 5.32 Å². The summed E-state index contributed by atoms with van der Waals surface area (Å²) in [6, 6.07) is 2.11. The van der Waals surface area contributed by atoms with Gasteiger partial charge in [-0.3, -0.25) is 4.79 Å². The minimum absolute atomic E-state index is 0.203. The number of aromatic nitrogens is 1. The van der Waals surface area contributed by atoms with Gasteiger partial charge in [-0.2, -0.15) is 5.26 Å². The number of anilines is 1. The number of hydrogen-bond donors (Lipinski definition) is 1. The molecule has 0 spiro atoms. The van der Waals surface area contributed by atoms with Crippen molar-refractivity contribution in [1.82, 2.24) is 4.98 Å². The van der Waals surface area contributed by atoms with E-state index in [9.17, 15) is 4.79 Å². The van der Waals surface area contributed by atoms with Gasteiger partial charge in [-0.25, -0.2) is 4.98 Å². The number of amides is 1.